The summed E-state index contributed by atoms with van der Waals surface area (Å²) in [6.45, 7) is 2.21. The Bertz CT molecular complexity index is 844. The fraction of sp³-hybridized carbons (Fsp3) is 0.292. The van der Waals surface area contributed by atoms with Crippen LogP contribution in [0.1, 0.15) is 44.6 Å². The summed E-state index contributed by atoms with van der Waals surface area (Å²) in [5.74, 6) is 0. The molecular formula is C24H28BNO. The molecule has 2 nitrogen and oxygen atoms in total. The molecule has 0 bridgehead atoms. The molecule has 0 amide bonds. The van der Waals surface area contributed by atoms with Gasteiger partial charge in [0.15, 0.2) is 0 Å². The summed E-state index contributed by atoms with van der Waals surface area (Å²) in [5.41, 5.74) is 4.59. The second kappa shape index (κ2) is 9.01. The molecule has 1 unspecified atom stereocenters. The first kappa shape index (κ1) is 19.4. The lowest BCUT2D eigenvalue weighted by Crippen LogP contribution is -2.25. The molecular weight excluding hydrogens is 329 g/mol. The van der Waals surface area contributed by atoms with E-state index >= 15 is 0 Å². The summed E-state index contributed by atoms with van der Waals surface area (Å²) in [6, 6.07) is 22.7. The molecule has 3 aromatic rings. The highest BCUT2D eigenvalue weighted by molar-refractivity contribution is 6.14. The minimum Gasteiger partial charge on any atom is -0.395 e. The molecule has 0 aliphatic heterocycles. The maximum atomic E-state index is 10.8. The van der Waals surface area contributed by atoms with Crippen molar-refractivity contribution in [1.29, 1.82) is 0 Å². The van der Waals surface area contributed by atoms with Gasteiger partial charge >= 0.3 is 0 Å². The third kappa shape index (κ3) is 5.08. The number of unbranched alkanes of at least 4 members (excludes halogenated alkanes) is 3. The molecule has 1 N–H and O–H groups in total. The SMILES string of the molecule is BC(O)(CCCCCC)c1ccc(-c2ccnc(-c3ccccc3)c2)cc1. The maximum absolute atomic E-state index is 10.8. The number of benzene rings is 2. The van der Waals surface area contributed by atoms with E-state index in [-0.39, 0.29) is 0 Å². The van der Waals surface area contributed by atoms with Crippen molar-refractivity contribution in [2.45, 2.75) is 44.5 Å². The minimum atomic E-state index is -0.764. The van der Waals surface area contributed by atoms with E-state index in [1.54, 1.807) is 0 Å². The Balaban J connectivity index is 1.76. The second-order valence-electron chi connectivity index (χ2n) is 7.46. The normalized spacial score (nSPS) is 13.3. The first-order chi connectivity index (χ1) is 13.1. The Morgan fingerprint density at radius 3 is 2.30 bits per heavy atom. The first-order valence-corrected chi connectivity index (χ1v) is 9.95. The van der Waals surface area contributed by atoms with Crippen LogP contribution in [0.15, 0.2) is 72.9 Å². The Labute approximate surface area is 163 Å². The molecule has 0 saturated carbocycles. The van der Waals surface area contributed by atoms with Crippen molar-refractivity contribution in [2.24, 2.45) is 0 Å². The molecule has 138 valence electrons. The molecule has 0 aliphatic rings. The quantitative estimate of drug-likeness (QED) is 0.446. The maximum Gasteiger partial charge on any atom is 0.148 e. The zero-order chi connectivity index (χ0) is 19.1. The monoisotopic (exact) mass is 357 g/mol. The number of hydrogen-bond donors (Lipinski definition) is 1. The lowest BCUT2D eigenvalue weighted by molar-refractivity contribution is 0.114. The molecule has 27 heavy (non-hydrogen) atoms. The van der Waals surface area contributed by atoms with E-state index in [0.717, 1.165) is 40.8 Å². The Morgan fingerprint density at radius 1 is 0.852 bits per heavy atom. The Kier molecular flexibility index (Phi) is 6.47. The highest BCUT2D eigenvalue weighted by Gasteiger charge is 2.22. The molecule has 0 fully saturated rings. The number of pyridine rings is 1. The van der Waals surface area contributed by atoms with Gasteiger partial charge in [-0.1, -0.05) is 87.2 Å². The Morgan fingerprint density at radius 2 is 1.59 bits per heavy atom. The van der Waals surface area contributed by atoms with Gasteiger partial charge in [-0.3, -0.25) is 4.98 Å². The van der Waals surface area contributed by atoms with Crippen molar-refractivity contribution in [3.63, 3.8) is 0 Å². The van der Waals surface area contributed by atoms with Gasteiger partial charge in [-0.15, -0.1) is 0 Å². The van der Waals surface area contributed by atoms with Crippen LogP contribution in [-0.4, -0.2) is 17.9 Å². The molecule has 3 heteroatoms. The number of aromatic nitrogens is 1. The van der Waals surface area contributed by atoms with Gasteiger partial charge in [-0.25, -0.2) is 0 Å². The molecule has 0 spiro atoms. The minimum absolute atomic E-state index is 0.764. The lowest BCUT2D eigenvalue weighted by atomic mass is 9.72. The van der Waals surface area contributed by atoms with Crippen LogP contribution >= 0.6 is 0 Å². The molecule has 0 saturated heterocycles. The van der Waals surface area contributed by atoms with Crippen molar-refractivity contribution in [2.75, 3.05) is 0 Å². The van der Waals surface area contributed by atoms with E-state index < -0.39 is 5.50 Å². The summed E-state index contributed by atoms with van der Waals surface area (Å²) in [6.07, 6.45) is 7.36. The predicted octanol–water partition coefficient (Wildman–Crippen LogP) is 5.16. The lowest BCUT2D eigenvalue weighted by Gasteiger charge is -2.24. The zero-order valence-electron chi connectivity index (χ0n) is 16.4. The average Bonchev–Trinajstić information content (AvgIpc) is 2.72. The molecule has 0 radical (unpaired) electrons. The van der Waals surface area contributed by atoms with Crippen molar-refractivity contribution in [1.82, 2.24) is 4.98 Å². The van der Waals surface area contributed by atoms with Gasteiger partial charge in [0.25, 0.3) is 0 Å². The van der Waals surface area contributed by atoms with Crippen LogP contribution in [-0.2, 0) is 5.50 Å². The van der Waals surface area contributed by atoms with Gasteiger partial charge in [0.2, 0.25) is 0 Å². The predicted molar refractivity (Wildman–Crippen MR) is 116 cm³/mol. The largest absolute Gasteiger partial charge is 0.395 e. The van der Waals surface area contributed by atoms with E-state index in [1.165, 1.54) is 19.3 Å². The van der Waals surface area contributed by atoms with Crippen molar-refractivity contribution >= 4 is 7.85 Å². The van der Waals surface area contributed by atoms with Gasteiger partial charge in [0, 0.05) is 11.8 Å². The van der Waals surface area contributed by atoms with Gasteiger partial charge in [-0.2, -0.15) is 0 Å². The number of rotatable bonds is 8. The molecule has 1 heterocycles. The van der Waals surface area contributed by atoms with Crippen molar-refractivity contribution < 1.29 is 5.11 Å². The van der Waals surface area contributed by atoms with E-state index in [4.69, 9.17) is 0 Å². The molecule has 0 aliphatic carbocycles. The van der Waals surface area contributed by atoms with E-state index in [1.807, 2.05) is 38.3 Å². The number of hydrogen-bond acceptors (Lipinski definition) is 2. The summed E-state index contributed by atoms with van der Waals surface area (Å²) in [7, 11) is 1.92. The van der Waals surface area contributed by atoms with Gasteiger partial charge < -0.3 is 5.11 Å². The zero-order valence-corrected chi connectivity index (χ0v) is 16.4. The molecule has 2 aromatic carbocycles. The smallest absolute Gasteiger partial charge is 0.148 e. The fourth-order valence-corrected chi connectivity index (χ4v) is 3.44. The standard InChI is InChI=1S/C24H28BNO/c1-2-3-4-8-16-24(25,27)22-13-11-19(12-14-22)21-15-17-26-23(18-21)20-9-6-5-7-10-20/h5-7,9-15,17-18,27H,2-4,8,16,25H2,1H3. The third-order valence-corrected chi connectivity index (χ3v) is 5.19. The van der Waals surface area contributed by atoms with Crippen LogP contribution in [0.3, 0.4) is 0 Å². The van der Waals surface area contributed by atoms with Crippen molar-refractivity contribution in [3.8, 4) is 22.4 Å². The van der Waals surface area contributed by atoms with E-state index in [2.05, 4.69) is 54.4 Å². The van der Waals surface area contributed by atoms with E-state index in [0.29, 0.717) is 0 Å². The average molecular weight is 357 g/mol. The third-order valence-electron chi connectivity index (χ3n) is 5.19. The number of aliphatic hydroxyl groups is 1. The van der Waals surface area contributed by atoms with Crippen molar-refractivity contribution in [3.05, 3.63) is 78.5 Å². The van der Waals surface area contributed by atoms with Crippen LogP contribution in [0.2, 0.25) is 0 Å². The summed E-state index contributed by atoms with van der Waals surface area (Å²) in [4.78, 5) is 4.50. The second-order valence-corrected chi connectivity index (χ2v) is 7.46. The number of nitrogens with zero attached hydrogens (tertiary/aromatic N) is 1. The fourth-order valence-electron chi connectivity index (χ4n) is 3.44. The Hall–Kier alpha value is -2.39. The van der Waals surface area contributed by atoms with Gasteiger partial charge in [-0.05, 0) is 35.2 Å². The summed E-state index contributed by atoms with van der Waals surface area (Å²) >= 11 is 0. The molecule has 1 aromatic heterocycles. The first-order valence-electron chi connectivity index (χ1n) is 9.95. The summed E-state index contributed by atoms with van der Waals surface area (Å²) in [5, 5.41) is 10.8. The van der Waals surface area contributed by atoms with Gasteiger partial charge in [0.05, 0.1) is 11.2 Å². The highest BCUT2D eigenvalue weighted by Crippen LogP contribution is 2.29. The van der Waals surface area contributed by atoms with Crippen LogP contribution in [0.4, 0.5) is 0 Å². The van der Waals surface area contributed by atoms with Crippen LogP contribution in [0, 0.1) is 0 Å². The van der Waals surface area contributed by atoms with Crippen LogP contribution < -0.4 is 0 Å². The molecule has 1 atom stereocenters. The van der Waals surface area contributed by atoms with Gasteiger partial charge in [0.1, 0.15) is 7.85 Å². The van der Waals surface area contributed by atoms with Crippen LogP contribution in [0.25, 0.3) is 22.4 Å². The highest BCUT2D eigenvalue weighted by atomic mass is 16.3. The van der Waals surface area contributed by atoms with Crippen LogP contribution in [0.5, 0.6) is 0 Å². The topological polar surface area (TPSA) is 33.1 Å². The van der Waals surface area contributed by atoms with E-state index in [9.17, 15) is 5.11 Å². The molecule has 3 rings (SSSR count). The summed E-state index contributed by atoms with van der Waals surface area (Å²) < 4.78 is 0.